The molecule has 0 aliphatic heterocycles. The molecule has 1 unspecified atom stereocenters. The van der Waals surface area contributed by atoms with E-state index in [1.54, 1.807) is 0 Å². The molecule has 0 saturated carbocycles. The van der Waals surface area contributed by atoms with Gasteiger partial charge in [0, 0.05) is 12.8 Å². The maximum absolute atomic E-state index is 12.0. The standard InChI is InChI=1S/C48H94O5/c1-5-45(4)39-35-31-27-23-19-15-10-8-6-7-9-11-16-20-24-28-32-36-40-47(50)52-42-46(49)43-53-48(51)41-37-33-29-25-21-17-13-12-14-18-22-26-30-34-38-44(2)3/h44-46,49H,5-43H2,1-4H3/t45?,46-/m1/s1. The van der Waals surface area contributed by atoms with E-state index in [9.17, 15) is 14.7 Å². The number of aliphatic hydroxyl groups is 1. The van der Waals surface area contributed by atoms with Gasteiger partial charge in [-0.25, -0.2) is 0 Å². The quantitative estimate of drug-likeness (QED) is 0.0496. The van der Waals surface area contributed by atoms with Crippen molar-refractivity contribution in [3.05, 3.63) is 0 Å². The largest absolute Gasteiger partial charge is 0.463 e. The van der Waals surface area contributed by atoms with Crippen molar-refractivity contribution in [2.24, 2.45) is 11.8 Å². The fraction of sp³-hybridized carbons (Fsp3) is 0.958. The van der Waals surface area contributed by atoms with Gasteiger partial charge >= 0.3 is 11.9 Å². The molecule has 0 radical (unpaired) electrons. The van der Waals surface area contributed by atoms with Gasteiger partial charge in [-0.1, -0.05) is 240 Å². The van der Waals surface area contributed by atoms with E-state index in [1.807, 2.05) is 0 Å². The molecular formula is C48H94O5. The van der Waals surface area contributed by atoms with Crippen molar-refractivity contribution in [1.29, 1.82) is 0 Å². The number of ether oxygens (including phenoxy) is 2. The lowest BCUT2D eigenvalue weighted by molar-refractivity contribution is -0.152. The minimum atomic E-state index is -0.957. The van der Waals surface area contributed by atoms with Crippen molar-refractivity contribution in [2.45, 2.75) is 271 Å². The van der Waals surface area contributed by atoms with Crippen LogP contribution in [0.25, 0.3) is 0 Å². The molecule has 0 aliphatic rings. The minimum absolute atomic E-state index is 0.108. The Balaban J connectivity index is 3.35. The average Bonchev–Trinajstić information content (AvgIpc) is 3.14. The Morgan fingerprint density at radius 3 is 0.906 bits per heavy atom. The van der Waals surface area contributed by atoms with Crippen LogP contribution in [0.4, 0.5) is 0 Å². The van der Waals surface area contributed by atoms with Gasteiger partial charge in [-0.15, -0.1) is 0 Å². The van der Waals surface area contributed by atoms with E-state index in [-0.39, 0.29) is 25.2 Å². The zero-order valence-electron chi connectivity index (χ0n) is 36.4. The van der Waals surface area contributed by atoms with E-state index in [2.05, 4.69) is 27.7 Å². The van der Waals surface area contributed by atoms with Crippen LogP contribution in [0.3, 0.4) is 0 Å². The van der Waals surface area contributed by atoms with Crippen LogP contribution < -0.4 is 0 Å². The van der Waals surface area contributed by atoms with Gasteiger partial charge in [0.1, 0.15) is 19.3 Å². The Morgan fingerprint density at radius 1 is 0.396 bits per heavy atom. The molecule has 1 N–H and O–H groups in total. The lowest BCUT2D eigenvalue weighted by atomic mass is 9.99. The van der Waals surface area contributed by atoms with Crippen LogP contribution in [0, 0.1) is 11.8 Å². The number of carbonyl (C=O) groups is 2. The predicted octanol–water partition coefficient (Wildman–Crippen LogP) is 15.2. The number of rotatable bonds is 43. The van der Waals surface area contributed by atoms with Crippen molar-refractivity contribution >= 4 is 11.9 Å². The molecule has 0 saturated heterocycles. The van der Waals surface area contributed by atoms with Crippen LogP contribution in [0.2, 0.25) is 0 Å². The van der Waals surface area contributed by atoms with Gasteiger partial charge < -0.3 is 14.6 Å². The first kappa shape index (κ1) is 51.9. The number of unbranched alkanes of at least 4 members (excludes halogenated alkanes) is 30. The molecule has 0 amide bonds. The van der Waals surface area contributed by atoms with Crippen LogP contribution in [0.5, 0.6) is 0 Å². The molecule has 0 rings (SSSR count). The van der Waals surface area contributed by atoms with Gasteiger partial charge in [0.25, 0.3) is 0 Å². The van der Waals surface area contributed by atoms with Crippen molar-refractivity contribution in [3.63, 3.8) is 0 Å². The fourth-order valence-electron chi connectivity index (χ4n) is 7.31. The summed E-state index contributed by atoms with van der Waals surface area (Å²) >= 11 is 0. The number of hydrogen-bond donors (Lipinski definition) is 1. The van der Waals surface area contributed by atoms with Crippen LogP contribution >= 0.6 is 0 Å². The highest BCUT2D eigenvalue weighted by molar-refractivity contribution is 5.69. The second kappa shape index (κ2) is 42.1. The topological polar surface area (TPSA) is 72.8 Å². The number of aliphatic hydroxyl groups excluding tert-OH is 1. The molecule has 316 valence electrons. The number of carbonyl (C=O) groups excluding carboxylic acids is 2. The minimum Gasteiger partial charge on any atom is -0.463 e. The lowest BCUT2D eigenvalue weighted by Crippen LogP contribution is -2.25. The molecule has 0 aromatic rings. The van der Waals surface area contributed by atoms with Gasteiger partial charge in [0.2, 0.25) is 0 Å². The third-order valence-corrected chi connectivity index (χ3v) is 11.3. The summed E-state index contributed by atoms with van der Waals surface area (Å²) in [4.78, 5) is 24.1. The summed E-state index contributed by atoms with van der Waals surface area (Å²) in [6.07, 6.45) is 46.0. The van der Waals surface area contributed by atoms with E-state index >= 15 is 0 Å². The first-order valence-electron chi connectivity index (χ1n) is 23.8. The predicted molar refractivity (Wildman–Crippen MR) is 228 cm³/mol. The Kier molecular flexibility index (Phi) is 41.2. The molecule has 0 fully saturated rings. The summed E-state index contributed by atoms with van der Waals surface area (Å²) in [5, 5.41) is 10.1. The van der Waals surface area contributed by atoms with Gasteiger partial charge in [-0.2, -0.15) is 0 Å². The molecule has 0 aromatic heterocycles. The Morgan fingerprint density at radius 2 is 0.642 bits per heavy atom. The molecule has 5 heteroatoms. The zero-order chi connectivity index (χ0) is 38.9. The Labute approximate surface area is 331 Å². The van der Waals surface area contributed by atoms with E-state index in [4.69, 9.17) is 9.47 Å². The van der Waals surface area contributed by atoms with Crippen molar-refractivity contribution in [2.75, 3.05) is 13.2 Å². The Hall–Kier alpha value is -1.10. The average molecular weight is 751 g/mol. The third kappa shape index (κ3) is 43.5. The monoisotopic (exact) mass is 751 g/mol. The molecule has 5 nitrogen and oxygen atoms in total. The van der Waals surface area contributed by atoms with Gasteiger partial charge in [0.15, 0.2) is 0 Å². The molecular weight excluding hydrogens is 657 g/mol. The first-order valence-corrected chi connectivity index (χ1v) is 23.8. The van der Waals surface area contributed by atoms with E-state index < -0.39 is 6.10 Å². The highest BCUT2D eigenvalue weighted by Gasteiger charge is 2.12. The number of esters is 2. The number of hydrogen-bond acceptors (Lipinski definition) is 5. The van der Waals surface area contributed by atoms with E-state index in [0.717, 1.165) is 37.5 Å². The SMILES string of the molecule is CCC(C)CCCCCCCCCCCCCCCCCCCCC(=O)OC[C@@H](O)COC(=O)CCCCCCCCCCCCCCCCC(C)C. The van der Waals surface area contributed by atoms with Crippen LogP contribution in [0.1, 0.15) is 265 Å². The van der Waals surface area contributed by atoms with Crippen molar-refractivity contribution in [3.8, 4) is 0 Å². The van der Waals surface area contributed by atoms with Crippen molar-refractivity contribution < 1.29 is 24.2 Å². The summed E-state index contributed by atoms with van der Waals surface area (Å²) in [5.41, 5.74) is 0. The summed E-state index contributed by atoms with van der Waals surface area (Å²) in [5.74, 6) is 1.22. The summed E-state index contributed by atoms with van der Waals surface area (Å²) in [6.45, 7) is 9.11. The van der Waals surface area contributed by atoms with Crippen molar-refractivity contribution in [1.82, 2.24) is 0 Å². The normalized spacial score (nSPS) is 12.7. The maximum atomic E-state index is 12.0. The van der Waals surface area contributed by atoms with Crippen LogP contribution in [0.15, 0.2) is 0 Å². The molecule has 0 aliphatic carbocycles. The van der Waals surface area contributed by atoms with E-state index in [1.165, 1.54) is 199 Å². The van der Waals surface area contributed by atoms with Gasteiger partial charge in [-0.05, 0) is 24.7 Å². The van der Waals surface area contributed by atoms with Crippen LogP contribution in [-0.2, 0) is 19.1 Å². The maximum Gasteiger partial charge on any atom is 0.305 e. The highest BCUT2D eigenvalue weighted by atomic mass is 16.6. The first-order chi connectivity index (χ1) is 25.8. The summed E-state index contributed by atoms with van der Waals surface area (Å²) < 4.78 is 10.4. The molecule has 0 aromatic carbocycles. The molecule has 0 heterocycles. The van der Waals surface area contributed by atoms with E-state index in [0.29, 0.717) is 12.8 Å². The molecule has 2 atom stereocenters. The highest BCUT2D eigenvalue weighted by Crippen LogP contribution is 2.18. The second-order valence-corrected chi connectivity index (χ2v) is 17.3. The second-order valence-electron chi connectivity index (χ2n) is 17.3. The lowest BCUT2D eigenvalue weighted by Gasteiger charge is -2.12. The molecule has 0 spiro atoms. The molecule has 0 bridgehead atoms. The smallest absolute Gasteiger partial charge is 0.305 e. The summed E-state index contributed by atoms with van der Waals surface area (Å²) in [6, 6.07) is 0. The van der Waals surface area contributed by atoms with Crippen LogP contribution in [-0.4, -0.2) is 36.4 Å². The fourth-order valence-corrected chi connectivity index (χ4v) is 7.31. The zero-order valence-corrected chi connectivity index (χ0v) is 36.4. The Bertz CT molecular complexity index is 752. The third-order valence-electron chi connectivity index (χ3n) is 11.3. The van der Waals surface area contributed by atoms with Gasteiger partial charge in [-0.3, -0.25) is 9.59 Å². The molecule has 53 heavy (non-hydrogen) atoms. The summed E-state index contributed by atoms with van der Waals surface area (Å²) in [7, 11) is 0. The van der Waals surface area contributed by atoms with Gasteiger partial charge in [0.05, 0.1) is 0 Å².